The lowest BCUT2D eigenvalue weighted by Crippen LogP contribution is -2.05. The summed E-state index contributed by atoms with van der Waals surface area (Å²) in [6.07, 6.45) is 0. The lowest BCUT2D eigenvalue weighted by Gasteiger charge is -2.23. The molecule has 12 heteroatoms. The summed E-state index contributed by atoms with van der Waals surface area (Å²) in [5.41, 5.74) is 2.58. The lowest BCUT2D eigenvalue weighted by molar-refractivity contribution is 1.01. The molecule has 168 valence electrons. The van der Waals surface area contributed by atoms with E-state index in [1.165, 1.54) is 0 Å². The highest BCUT2D eigenvalue weighted by atomic mass is 35.5. The molecule has 0 radical (unpaired) electrons. The van der Waals surface area contributed by atoms with Crippen molar-refractivity contribution in [3.05, 3.63) is 82.5 Å². The summed E-state index contributed by atoms with van der Waals surface area (Å²) >= 11 is 78.1. The molecule has 0 saturated carbocycles. The first kappa shape index (κ1) is 26.2. The van der Waals surface area contributed by atoms with Gasteiger partial charge in [-0.05, 0) is 23.6 Å². The van der Waals surface area contributed by atoms with Crippen LogP contribution in [0.25, 0.3) is 11.1 Å². The minimum atomic E-state index is -0.838. The molecule has 1 unspecified atom stereocenters. The van der Waals surface area contributed by atoms with Crippen molar-refractivity contribution >= 4 is 139 Å². The molecule has 0 bridgehead atoms. The normalized spacial score (nSPS) is 14.7. The van der Waals surface area contributed by atoms with Gasteiger partial charge in [0.1, 0.15) is 0 Å². The Morgan fingerprint density at radius 3 is 1.12 bits per heavy atom. The van der Waals surface area contributed by atoms with Crippen LogP contribution >= 0.6 is 139 Å². The minimum Gasteiger partial charge on any atom is -0.0833 e. The van der Waals surface area contributed by atoms with Crippen LogP contribution in [0.3, 0.4) is 0 Å². The molecule has 0 aliphatic heterocycles. The minimum absolute atomic E-state index is 0.00422. The first-order valence-corrected chi connectivity index (χ1v) is 12.9. The van der Waals surface area contributed by atoms with E-state index in [-0.39, 0.29) is 60.8 Å². The van der Waals surface area contributed by atoms with Crippen LogP contribution in [0.15, 0.2) is 0 Å². The van der Waals surface area contributed by atoms with E-state index in [1.54, 1.807) is 6.92 Å². The highest BCUT2D eigenvalue weighted by Crippen LogP contribution is 2.64. The number of hydrogen-bond donors (Lipinski definition) is 0. The molecule has 1 aliphatic rings. The van der Waals surface area contributed by atoms with Gasteiger partial charge >= 0.3 is 0 Å². The molecule has 1 aliphatic carbocycles. The molecule has 0 heterocycles. The molecule has 0 nitrogen and oxygen atoms in total. The number of halogens is 12. The second-order valence-electron chi connectivity index (χ2n) is 6.82. The molecule has 3 aromatic carbocycles. The van der Waals surface area contributed by atoms with Crippen LogP contribution in [0, 0.1) is 6.92 Å². The summed E-state index contributed by atoms with van der Waals surface area (Å²) in [6.45, 7) is 1.72. The van der Waals surface area contributed by atoms with Gasteiger partial charge in [-0.1, -0.05) is 139 Å². The van der Waals surface area contributed by atoms with Crippen LogP contribution in [0.2, 0.25) is 60.3 Å². The van der Waals surface area contributed by atoms with Crippen molar-refractivity contribution in [3.8, 4) is 11.1 Å². The fourth-order valence-electron chi connectivity index (χ4n) is 3.78. The van der Waals surface area contributed by atoms with Crippen LogP contribution in [-0.2, 0) is 0 Å². The second-order valence-corrected chi connectivity index (χ2v) is 11.4. The van der Waals surface area contributed by atoms with Crippen LogP contribution < -0.4 is 0 Å². The largest absolute Gasteiger partial charge is 0.0833 e. The van der Waals surface area contributed by atoms with E-state index in [0.29, 0.717) is 32.8 Å². The van der Waals surface area contributed by atoms with Crippen molar-refractivity contribution in [1.29, 1.82) is 0 Å². The highest BCUT2D eigenvalue weighted by Gasteiger charge is 2.43. The van der Waals surface area contributed by atoms with Gasteiger partial charge in [-0.3, -0.25) is 0 Å². The van der Waals surface area contributed by atoms with Gasteiger partial charge < -0.3 is 0 Å². The predicted octanol–water partition coefficient (Wildman–Crippen LogP) is 13.0. The summed E-state index contributed by atoms with van der Waals surface area (Å²) in [7, 11) is 0. The molecule has 0 aromatic heterocycles. The van der Waals surface area contributed by atoms with Crippen molar-refractivity contribution in [2.24, 2.45) is 0 Å². The Labute approximate surface area is 243 Å². The van der Waals surface area contributed by atoms with E-state index in [4.69, 9.17) is 139 Å². The topological polar surface area (TPSA) is 0 Å². The van der Waals surface area contributed by atoms with E-state index < -0.39 is 5.92 Å². The zero-order valence-corrected chi connectivity index (χ0v) is 24.2. The third kappa shape index (κ3) is 3.56. The Balaban J connectivity index is 2.31. The van der Waals surface area contributed by atoms with Crippen molar-refractivity contribution in [2.45, 2.75) is 12.8 Å². The first-order valence-electron chi connectivity index (χ1n) is 8.38. The molecule has 1 atom stereocenters. The maximum absolute atomic E-state index is 6.73. The Morgan fingerprint density at radius 1 is 0.344 bits per heavy atom. The Kier molecular flexibility index (Phi) is 7.55. The molecular weight excluding hydrogens is 666 g/mol. The van der Waals surface area contributed by atoms with E-state index in [0.717, 1.165) is 0 Å². The van der Waals surface area contributed by atoms with Crippen LogP contribution in [-0.4, -0.2) is 0 Å². The smallest absolute Gasteiger partial charge is 0.0809 e. The Bertz CT molecular complexity index is 1260. The van der Waals surface area contributed by atoms with Gasteiger partial charge in [0.15, 0.2) is 0 Å². The standard InChI is InChI=1S/C20H4Cl12/c1-2-9(21)6-4(11(23)10(2)22)3(5-7(6)13(25)17(29)16(28)12(5)24)8-14(26)18(30)20(32)19(31)15(8)27/h3H,1H3. The van der Waals surface area contributed by atoms with Gasteiger partial charge in [0.25, 0.3) is 0 Å². The number of rotatable bonds is 1. The molecule has 0 N–H and O–H groups in total. The third-order valence-electron chi connectivity index (χ3n) is 5.24. The fourth-order valence-corrected chi connectivity index (χ4v) is 7.11. The predicted molar refractivity (Wildman–Crippen MR) is 144 cm³/mol. The first-order chi connectivity index (χ1) is 14.8. The molecule has 0 spiro atoms. The summed E-state index contributed by atoms with van der Waals surface area (Å²) in [4.78, 5) is 0. The van der Waals surface area contributed by atoms with E-state index in [1.807, 2.05) is 0 Å². The Hall–Kier alpha value is 1.14. The highest BCUT2D eigenvalue weighted by molar-refractivity contribution is 6.56. The zero-order chi connectivity index (χ0) is 24.0. The monoisotopic (exact) mass is 664 g/mol. The molecule has 0 fully saturated rings. The molecular formula is C20H4Cl12. The van der Waals surface area contributed by atoms with Crippen LogP contribution in [0.4, 0.5) is 0 Å². The molecule has 0 saturated heterocycles. The lowest BCUT2D eigenvalue weighted by atomic mass is 9.88. The molecule has 3 aromatic rings. The Morgan fingerprint density at radius 2 is 0.656 bits per heavy atom. The van der Waals surface area contributed by atoms with Gasteiger partial charge in [-0.2, -0.15) is 0 Å². The number of benzene rings is 3. The summed E-state index contributed by atoms with van der Waals surface area (Å²) in [5, 5.41) is 1.10. The summed E-state index contributed by atoms with van der Waals surface area (Å²) < 4.78 is 0. The van der Waals surface area contributed by atoms with Gasteiger partial charge in [0, 0.05) is 22.6 Å². The summed E-state index contributed by atoms with van der Waals surface area (Å²) in [5.74, 6) is -0.838. The fraction of sp³-hybridized carbons (Fsp3) is 0.100. The van der Waals surface area contributed by atoms with Crippen LogP contribution in [0.5, 0.6) is 0 Å². The SMILES string of the molecule is Cc1c(Cl)c(Cl)c2c(c1Cl)-c1c(Cl)c(Cl)c(Cl)c(Cl)c1C2c1c(Cl)c(Cl)c(Cl)c(Cl)c1Cl. The van der Waals surface area contributed by atoms with Crippen molar-refractivity contribution in [1.82, 2.24) is 0 Å². The molecule has 32 heavy (non-hydrogen) atoms. The quantitative estimate of drug-likeness (QED) is 0.140. The van der Waals surface area contributed by atoms with Crippen molar-refractivity contribution < 1.29 is 0 Å². The van der Waals surface area contributed by atoms with E-state index >= 15 is 0 Å². The van der Waals surface area contributed by atoms with E-state index in [2.05, 4.69) is 0 Å². The average Bonchev–Trinajstić information content (AvgIpc) is 3.12. The second kappa shape index (κ2) is 9.22. The molecule has 4 rings (SSSR count). The maximum atomic E-state index is 6.73. The van der Waals surface area contributed by atoms with Gasteiger partial charge in [-0.25, -0.2) is 0 Å². The van der Waals surface area contributed by atoms with Crippen molar-refractivity contribution in [3.63, 3.8) is 0 Å². The third-order valence-corrected chi connectivity index (χ3v) is 10.8. The number of fused-ring (bicyclic) bond motifs is 3. The average molecular weight is 670 g/mol. The number of hydrogen-bond acceptors (Lipinski definition) is 0. The molecule has 0 amide bonds. The van der Waals surface area contributed by atoms with E-state index in [9.17, 15) is 0 Å². The van der Waals surface area contributed by atoms with Crippen LogP contribution in [0.1, 0.15) is 28.2 Å². The maximum Gasteiger partial charge on any atom is 0.0809 e. The van der Waals surface area contributed by atoms with Crippen molar-refractivity contribution in [2.75, 3.05) is 0 Å². The van der Waals surface area contributed by atoms with Gasteiger partial charge in [0.2, 0.25) is 0 Å². The summed E-state index contributed by atoms with van der Waals surface area (Å²) in [6, 6.07) is 0. The van der Waals surface area contributed by atoms with Gasteiger partial charge in [-0.15, -0.1) is 0 Å². The zero-order valence-electron chi connectivity index (χ0n) is 15.1. The van der Waals surface area contributed by atoms with Gasteiger partial charge in [0.05, 0.1) is 60.3 Å².